The van der Waals surface area contributed by atoms with Crippen LogP contribution in [0.3, 0.4) is 0 Å². The molecule has 0 atom stereocenters. The molecular formula is C13H12O2. The van der Waals surface area contributed by atoms with Gasteiger partial charge in [0, 0.05) is 5.56 Å². The van der Waals surface area contributed by atoms with E-state index in [-0.39, 0.29) is 0 Å². The molecule has 2 heteroatoms. The standard InChI is InChI=1S/C13H12O2/c1-2-15-12-6-7-13-10(8-12)4-3-5-11(13)9-14/h3-9H,2H2,1H3. The van der Waals surface area contributed by atoms with Crippen molar-refractivity contribution < 1.29 is 9.53 Å². The number of rotatable bonds is 3. The van der Waals surface area contributed by atoms with Crippen molar-refractivity contribution in [1.29, 1.82) is 0 Å². The summed E-state index contributed by atoms with van der Waals surface area (Å²) in [6, 6.07) is 11.4. The number of carbonyl (C=O) groups is 1. The second-order valence-electron chi connectivity index (χ2n) is 3.28. The Balaban J connectivity index is 2.58. The summed E-state index contributed by atoms with van der Waals surface area (Å²) in [5, 5.41) is 2.00. The first kappa shape index (κ1) is 9.71. The largest absolute Gasteiger partial charge is 0.494 e. The third kappa shape index (κ3) is 1.84. The Bertz CT molecular complexity index is 489. The van der Waals surface area contributed by atoms with Gasteiger partial charge in [-0.15, -0.1) is 0 Å². The summed E-state index contributed by atoms with van der Waals surface area (Å²) >= 11 is 0. The van der Waals surface area contributed by atoms with Gasteiger partial charge in [0.15, 0.2) is 6.29 Å². The maximum atomic E-state index is 10.8. The summed E-state index contributed by atoms with van der Waals surface area (Å²) in [6.07, 6.45) is 0.878. The first-order valence-electron chi connectivity index (χ1n) is 4.96. The predicted molar refractivity (Wildman–Crippen MR) is 60.5 cm³/mol. The molecule has 0 fully saturated rings. The summed E-state index contributed by atoms with van der Waals surface area (Å²) in [5.41, 5.74) is 0.718. The van der Waals surface area contributed by atoms with E-state index in [1.807, 2.05) is 43.3 Å². The van der Waals surface area contributed by atoms with Crippen molar-refractivity contribution in [2.75, 3.05) is 6.61 Å². The van der Waals surface area contributed by atoms with Crippen LogP contribution in [0.2, 0.25) is 0 Å². The molecule has 0 bridgehead atoms. The van der Waals surface area contributed by atoms with E-state index in [2.05, 4.69) is 0 Å². The van der Waals surface area contributed by atoms with Crippen LogP contribution < -0.4 is 4.74 Å². The van der Waals surface area contributed by atoms with E-state index in [4.69, 9.17) is 4.74 Å². The average molecular weight is 200 g/mol. The van der Waals surface area contributed by atoms with E-state index in [9.17, 15) is 4.79 Å². The van der Waals surface area contributed by atoms with Gasteiger partial charge in [-0.2, -0.15) is 0 Å². The van der Waals surface area contributed by atoms with Gasteiger partial charge < -0.3 is 4.74 Å². The van der Waals surface area contributed by atoms with Crippen molar-refractivity contribution in [1.82, 2.24) is 0 Å². The smallest absolute Gasteiger partial charge is 0.150 e. The highest BCUT2D eigenvalue weighted by Gasteiger charge is 2.00. The minimum absolute atomic E-state index is 0.652. The molecule has 2 rings (SSSR count). The predicted octanol–water partition coefficient (Wildman–Crippen LogP) is 3.05. The maximum Gasteiger partial charge on any atom is 0.150 e. The van der Waals surface area contributed by atoms with Gasteiger partial charge in [-0.3, -0.25) is 4.79 Å². The molecule has 0 aliphatic heterocycles. The fourth-order valence-electron chi connectivity index (χ4n) is 1.65. The number of fused-ring (bicyclic) bond motifs is 1. The summed E-state index contributed by atoms with van der Waals surface area (Å²) < 4.78 is 5.40. The van der Waals surface area contributed by atoms with Gasteiger partial charge in [-0.05, 0) is 35.9 Å². The van der Waals surface area contributed by atoms with Crippen molar-refractivity contribution in [2.45, 2.75) is 6.92 Å². The monoisotopic (exact) mass is 200 g/mol. The lowest BCUT2D eigenvalue weighted by atomic mass is 10.1. The van der Waals surface area contributed by atoms with Crippen molar-refractivity contribution in [3.05, 3.63) is 42.0 Å². The molecule has 2 aromatic carbocycles. The molecule has 0 unspecified atom stereocenters. The molecule has 2 nitrogen and oxygen atoms in total. The minimum Gasteiger partial charge on any atom is -0.494 e. The molecule has 0 radical (unpaired) electrons. The zero-order valence-corrected chi connectivity index (χ0v) is 8.57. The average Bonchev–Trinajstić information content (AvgIpc) is 2.28. The summed E-state index contributed by atoms with van der Waals surface area (Å²) in [4.78, 5) is 10.8. The van der Waals surface area contributed by atoms with Gasteiger partial charge in [0.2, 0.25) is 0 Å². The molecule has 2 aromatic rings. The summed E-state index contributed by atoms with van der Waals surface area (Å²) in [6.45, 7) is 2.60. The van der Waals surface area contributed by atoms with Gasteiger partial charge >= 0.3 is 0 Å². The van der Waals surface area contributed by atoms with Crippen molar-refractivity contribution in [3.8, 4) is 5.75 Å². The number of aldehydes is 1. The fraction of sp³-hybridized carbons (Fsp3) is 0.154. The van der Waals surface area contributed by atoms with E-state index in [1.165, 1.54) is 0 Å². The number of benzene rings is 2. The van der Waals surface area contributed by atoms with Crippen molar-refractivity contribution in [3.63, 3.8) is 0 Å². The van der Waals surface area contributed by atoms with E-state index in [0.717, 1.165) is 28.4 Å². The molecule has 0 N–H and O–H groups in total. The van der Waals surface area contributed by atoms with Crippen LogP contribution in [0.15, 0.2) is 36.4 Å². The van der Waals surface area contributed by atoms with Gasteiger partial charge in [0.25, 0.3) is 0 Å². The van der Waals surface area contributed by atoms with Gasteiger partial charge in [-0.25, -0.2) is 0 Å². The number of hydrogen-bond donors (Lipinski definition) is 0. The van der Waals surface area contributed by atoms with E-state index in [1.54, 1.807) is 0 Å². The van der Waals surface area contributed by atoms with Gasteiger partial charge in [0.05, 0.1) is 6.61 Å². The number of carbonyl (C=O) groups excluding carboxylic acids is 1. The number of hydrogen-bond acceptors (Lipinski definition) is 2. The summed E-state index contributed by atoms with van der Waals surface area (Å²) in [7, 11) is 0. The zero-order valence-electron chi connectivity index (χ0n) is 8.57. The lowest BCUT2D eigenvalue weighted by Gasteiger charge is -2.05. The molecule has 0 heterocycles. The molecule has 15 heavy (non-hydrogen) atoms. The molecule has 0 saturated carbocycles. The zero-order chi connectivity index (χ0) is 10.7. The lowest BCUT2D eigenvalue weighted by molar-refractivity contribution is 0.112. The second kappa shape index (κ2) is 4.13. The van der Waals surface area contributed by atoms with Crippen LogP contribution in [0.1, 0.15) is 17.3 Å². The Morgan fingerprint density at radius 3 is 2.87 bits per heavy atom. The Labute approximate surface area is 88.5 Å². The quantitative estimate of drug-likeness (QED) is 0.712. The molecule has 0 spiro atoms. The van der Waals surface area contributed by atoms with Crippen LogP contribution in [-0.4, -0.2) is 12.9 Å². The van der Waals surface area contributed by atoms with E-state index in [0.29, 0.717) is 6.61 Å². The second-order valence-corrected chi connectivity index (χ2v) is 3.28. The highest BCUT2D eigenvalue weighted by atomic mass is 16.5. The number of ether oxygens (including phenoxy) is 1. The molecular weight excluding hydrogens is 188 g/mol. The first-order chi connectivity index (χ1) is 7.35. The highest BCUT2D eigenvalue weighted by molar-refractivity contribution is 5.98. The van der Waals surface area contributed by atoms with E-state index < -0.39 is 0 Å². The third-order valence-electron chi connectivity index (χ3n) is 2.32. The molecule has 0 amide bonds. The van der Waals surface area contributed by atoms with E-state index >= 15 is 0 Å². The van der Waals surface area contributed by atoms with Crippen LogP contribution in [0, 0.1) is 0 Å². The van der Waals surface area contributed by atoms with Gasteiger partial charge in [0.1, 0.15) is 5.75 Å². The molecule has 0 aliphatic carbocycles. The summed E-state index contributed by atoms with van der Waals surface area (Å²) in [5.74, 6) is 0.841. The molecule has 0 saturated heterocycles. The Morgan fingerprint density at radius 1 is 1.27 bits per heavy atom. The van der Waals surface area contributed by atoms with Crippen LogP contribution in [0.4, 0.5) is 0 Å². The van der Waals surface area contributed by atoms with Crippen molar-refractivity contribution >= 4 is 17.1 Å². The molecule has 76 valence electrons. The Morgan fingerprint density at radius 2 is 2.13 bits per heavy atom. The normalized spacial score (nSPS) is 10.2. The highest BCUT2D eigenvalue weighted by Crippen LogP contribution is 2.22. The SMILES string of the molecule is CCOc1ccc2c(C=O)cccc2c1. The van der Waals surface area contributed by atoms with Gasteiger partial charge in [-0.1, -0.05) is 18.2 Å². The van der Waals surface area contributed by atoms with Crippen LogP contribution in [0.25, 0.3) is 10.8 Å². The molecule has 0 aromatic heterocycles. The first-order valence-corrected chi connectivity index (χ1v) is 4.96. The topological polar surface area (TPSA) is 26.3 Å². The van der Waals surface area contributed by atoms with Crippen molar-refractivity contribution in [2.24, 2.45) is 0 Å². The Hall–Kier alpha value is -1.83. The Kier molecular flexibility index (Phi) is 2.68. The van der Waals surface area contributed by atoms with Crippen LogP contribution in [-0.2, 0) is 0 Å². The molecule has 0 aliphatic rings. The van der Waals surface area contributed by atoms with Crippen LogP contribution in [0.5, 0.6) is 5.75 Å². The minimum atomic E-state index is 0.652. The van der Waals surface area contributed by atoms with Crippen LogP contribution >= 0.6 is 0 Å². The maximum absolute atomic E-state index is 10.8. The fourth-order valence-corrected chi connectivity index (χ4v) is 1.65. The lowest BCUT2D eigenvalue weighted by Crippen LogP contribution is -1.91. The third-order valence-corrected chi connectivity index (χ3v) is 2.32.